The van der Waals surface area contributed by atoms with E-state index in [0.717, 1.165) is 30.6 Å². The van der Waals surface area contributed by atoms with Gasteiger partial charge in [-0.05, 0) is 32.6 Å². The highest BCUT2D eigenvalue weighted by molar-refractivity contribution is 5.82. The molecule has 0 aromatic rings. The summed E-state index contributed by atoms with van der Waals surface area (Å²) >= 11 is 0. The Morgan fingerprint density at radius 1 is 0.958 bits per heavy atom. The number of nitrogens with zero attached hydrogens (tertiary/aromatic N) is 1. The largest absolute Gasteiger partial charge is 0.471 e. The predicted molar refractivity (Wildman–Crippen MR) is 91.8 cm³/mol. The molecule has 24 heavy (non-hydrogen) atoms. The number of rotatable bonds is 10. The normalized spacial score (nSPS) is 22.0. The van der Waals surface area contributed by atoms with Crippen molar-refractivity contribution in [3.05, 3.63) is 0 Å². The van der Waals surface area contributed by atoms with Gasteiger partial charge >= 0.3 is 12.1 Å². The maximum Gasteiger partial charge on any atom is 0.471 e. The highest BCUT2D eigenvalue weighted by Gasteiger charge is 2.46. The molecule has 1 fully saturated rings. The van der Waals surface area contributed by atoms with Crippen LogP contribution < -0.4 is 0 Å². The van der Waals surface area contributed by atoms with Crippen molar-refractivity contribution in [2.24, 2.45) is 0 Å². The first-order chi connectivity index (χ1) is 11.4. The molecule has 0 unspecified atom stereocenters. The predicted octanol–water partition coefficient (Wildman–Crippen LogP) is 6.24. The Labute approximate surface area is 145 Å². The van der Waals surface area contributed by atoms with E-state index < -0.39 is 12.1 Å². The van der Waals surface area contributed by atoms with Gasteiger partial charge in [0.2, 0.25) is 0 Å². The number of unbranched alkanes of at least 4 members (excludes halogenated alkanes) is 8. The van der Waals surface area contributed by atoms with E-state index in [4.69, 9.17) is 0 Å². The van der Waals surface area contributed by atoms with Crippen molar-refractivity contribution in [2.75, 3.05) is 0 Å². The third-order valence-corrected chi connectivity index (χ3v) is 5.15. The number of hydrogen-bond acceptors (Lipinski definition) is 1. The Balaban J connectivity index is 2.27. The van der Waals surface area contributed by atoms with Gasteiger partial charge in [0.1, 0.15) is 0 Å². The van der Waals surface area contributed by atoms with Crippen molar-refractivity contribution in [3.8, 4) is 0 Å². The van der Waals surface area contributed by atoms with Crippen molar-refractivity contribution in [1.82, 2.24) is 4.90 Å². The van der Waals surface area contributed by atoms with Gasteiger partial charge in [-0.1, -0.05) is 64.7 Å². The molecule has 0 saturated carbocycles. The highest BCUT2D eigenvalue weighted by atomic mass is 19.4. The molecule has 0 bridgehead atoms. The molecule has 0 aliphatic carbocycles. The van der Waals surface area contributed by atoms with Crippen LogP contribution in [0.1, 0.15) is 97.3 Å². The zero-order chi connectivity index (χ0) is 18.0. The number of alkyl halides is 3. The number of amides is 1. The third kappa shape index (κ3) is 7.43. The van der Waals surface area contributed by atoms with Gasteiger partial charge in [0.25, 0.3) is 0 Å². The smallest absolute Gasteiger partial charge is 0.329 e. The van der Waals surface area contributed by atoms with Crippen molar-refractivity contribution in [1.29, 1.82) is 0 Å². The lowest BCUT2D eigenvalue weighted by Gasteiger charge is -2.41. The van der Waals surface area contributed by atoms with Crippen LogP contribution in [0.15, 0.2) is 0 Å². The fraction of sp³-hybridized carbons (Fsp3) is 0.947. The van der Waals surface area contributed by atoms with Crippen LogP contribution in [-0.4, -0.2) is 29.1 Å². The zero-order valence-electron chi connectivity index (χ0n) is 15.3. The summed E-state index contributed by atoms with van der Waals surface area (Å²) in [7, 11) is 0. The number of hydrogen-bond donors (Lipinski definition) is 0. The second-order valence-electron chi connectivity index (χ2n) is 7.26. The van der Waals surface area contributed by atoms with Gasteiger partial charge in [0, 0.05) is 12.1 Å². The summed E-state index contributed by atoms with van der Waals surface area (Å²) in [6.07, 6.45) is 9.06. The Bertz CT molecular complexity index is 357. The van der Waals surface area contributed by atoms with Crippen LogP contribution in [0.2, 0.25) is 0 Å². The maximum atomic E-state index is 12.8. The average Bonchev–Trinajstić information content (AvgIpc) is 2.52. The number of carbonyl (C=O) groups excluding carboxylic acids is 1. The van der Waals surface area contributed by atoms with Crippen LogP contribution in [-0.2, 0) is 4.79 Å². The standard InChI is InChI=1S/C19H34F3NO/c1-3-4-5-6-7-8-9-10-11-14-17-15-12-13-16(2)23(17)18(24)19(20,21)22/h16-17H,3-15H2,1-2H3/t16-,17+/m0/s1. The van der Waals surface area contributed by atoms with Crippen molar-refractivity contribution >= 4 is 5.91 Å². The van der Waals surface area contributed by atoms with Gasteiger partial charge < -0.3 is 4.90 Å². The second kappa shape index (κ2) is 11.0. The van der Waals surface area contributed by atoms with E-state index in [-0.39, 0.29) is 12.1 Å². The summed E-state index contributed by atoms with van der Waals surface area (Å²) in [4.78, 5) is 12.8. The molecule has 142 valence electrons. The quantitative estimate of drug-likeness (QED) is 0.428. The summed E-state index contributed by atoms with van der Waals surface area (Å²) in [5.41, 5.74) is 0. The average molecular weight is 349 g/mol. The number of carbonyl (C=O) groups is 1. The lowest BCUT2D eigenvalue weighted by molar-refractivity contribution is -0.192. The molecule has 0 N–H and O–H groups in total. The summed E-state index contributed by atoms with van der Waals surface area (Å²) in [6, 6.07) is -0.524. The van der Waals surface area contributed by atoms with E-state index in [9.17, 15) is 18.0 Å². The van der Waals surface area contributed by atoms with Gasteiger partial charge in [-0.25, -0.2) is 0 Å². The van der Waals surface area contributed by atoms with Crippen LogP contribution in [0.3, 0.4) is 0 Å². The first kappa shape index (κ1) is 21.3. The van der Waals surface area contributed by atoms with Crippen LogP contribution in [0.25, 0.3) is 0 Å². The molecule has 1 saturated heterocycles. The van der Waals surface area contributed by atoms with Gasteiger partial charge in [0.15, 0.2) is 0 Å². The van der Waals surface area contributed by atoms with Gasteiger partial charge in [-0.3, -0.25) is 4.79 Å². The fourth-order valence-corrected chi connectivity index (χ4v) is 3.77. The Morgan fingerprint density at radius 3 is 2.04 bits per heavy atom. The molecular weight excluding hydrogens is 315 g/mol. The Hall–Kier alpha value is -0.740. The van der Waals surface area contributed by atoms with Gasteiger partial charge in [-0.15, -0.1) is 0 Å². The van der Waals surface area contributed by atoms with E-state index >= 15 is 0 Å². The monoisotopic (exact) mass is 349 g/mol. The van der Waals surface area contributed by atoms with Crippen LogP contribution in [0.4, 0.5) is 13.2 Å². The lowest BCUT2D eigenvalue weighted by Crippen LogP contribution is -2.53. The molecular formula is C19H34F3NO. The number of halogens is 3. The summed E-state index contributed by atoms with van der Waals surface area (Å²) < 4.78 is 38.4. The highest BCUT2D eigenvalue weighted by Crippen LogP contribution is 2.31. The molecule has 1 aliphatic rings. The SMILES string of the molecule is CCCCCCCCCCC[C@@H]1CCC[C@H](C)N1C(=O)C(F)(F)F. The van der Waals surface area contributed by atoms with E-state index in [1.807, 2.05) is 0 Å². The Kier molecular flexibility index (Phi) is 9.75. The van der Waals surface area contributed by atoms with Gasteiger partial charge in [-0.2, -0.15) is 13.2 Å². The van der Waals surface area contributed by atoms with Gasteiger partial charge in [0.05, 0.1) is 0 Å². The molecule has 1 aliphatic heterocycles. The molecule has 1 heterocycles. The topological polar surface area (TPSA) is 20.3 Å². The number of likely N-dealkylation sites (tertiary alicyclic amines) is 1. The molecule has 5 heteroatoms. The fourth-order valence-electron chi connectivity index (χ4n) is 3.77. The van der Waals surface area contributed by atoms with Crippen molar-refractivity contribution in [2.45, 2.75) is 116 Å². The molecule has 0 spiro atoms. The van der Waals surface area contributed by atoms with E-state index in [1.165, 1.54) is 38.5 Å². The van der Waals surface area contributed by atoms with Crippen molar-refractivity contribution in [3.63, 3.8) is 0 Å². The molecule has 2 nitrogen and oxygen atoms in total. The second-order valence-corrected chi connectivity index (χ2v) is 7.26. The molecule has 2 atom stereocenters. The summed E-state index contributed by atoms with van der Waals surface area (Å²) in [5.74, 6) is -1.64. The summed E-state index contributed by atoms with van der Waals surface area (Å²) in [6.45, 7) is 3.95. The molecule has 0 aromatic heterocycles. The third-order valence-electron chi connectivity index (χ3n) is 5.15. The first-order valence-electron chi connectivity index (χ1n) is 9.77. The minimum atomic E-state index is -4.75. The zero-order valence-corrected chi connectivity index (χ0v) is 15.3. The molecule has 0 aromatic carbocycles. The lowest BCUT2D eigenvalue weighted by atomic mass is 9.92. The molecule has 1 rings (SSSR count). The van der Waals surface area contributed by atoms with E-state index in [2.05, 4.69) is 6.92 Å². The maximum absolute atomic E-state index is 12.8. The van der Waals surface area contributed by atoms with Crippen molar-refractivity contribution < 1.29 is 18.0 Å². The van der Waals surface area contributed by atoms with Crippen LogP contribution in [0.5, 0.6) is 0 Å². The summed E-state index contributed by atoms with van der Waals surface area (Å²) in [5, 5.41) is 0. The molecule has 1 amide bonds. The van der Waals surface area contributed by atoms with Crippen LogP contribution in [0, 0.1) is 0 Å². The Morgan fingerprint density at radius 2 is 1.50 bits per heavy atom. The minimum Gasteiger partial charge on any atom is -0.329 e. The molecule has 0 radical (unpaired) electrons. The minimum absolute atomic E-state index is 0.229. The first-order valence-corrected chi connectivity index (χ1v) is 9.77. The van der Waals surface area contributed by atoms with Crippen LogP contribution >= 0.6 is 0 Å². The van der Waals surface area contributed by atoms with E-state index in [0.29, 0.717) is 19.3 Å². The number of piperidine rings is 1. The van der Waals surface area contributed by atoms with E-state index in [1.54, 1.807) is 6.92 Å².